The topological polar surface area (TPSA) is 49.0 Å². The van der Waals surface area contributed by atoms with Crippen LogP contribution in [0.1, 0.15) is 11.1 Å². The Bertz CT molecular complexity index is 959. The van der Waals surface area contributed by atoms with Crippen molar-refractivity contribution in [2.75, 3.05) is 19.2 Å². The summed E-state index contributed by atoms with van der Waals surface area (Å²) in [5, 5.41) is 4.10. The summed E-state index contributed by atoms with van der Waals surface area (Å²) in [5.41, 5.74) is 2.96. The molecule has 1 N–H and O–H groups in total. The van der Waals surface area contributed by atoms with E-state index < -0.39 is 0 Å². The highest BCUT2D eigenvalue weighted by molar-refractivity contribution is 6.30. The second-order valence-electron chi connectivity index (χ2n) is 6.29. The van der Waals surface area contributed by atoms with Gasteiger partial charge in [0.15, 0.2) is 23.0 Å². The molecule has 28 heavy (non-hydrogen) atoms. The number of fused-ring (bicyclic) bond motifs is 1. The quantitative estimate of drug-likeness (QED) is 0.588. The van der Waals surface area contributed by atoms with Crippen molar-refractivity contribution in [3.05, 3.63) is 76.8 Å². The number of hydrogen-bond acceptors (Lipinski definition) is 5. The fourth-order valence-electron chi connectivity index (χ4n) is 2.96. The van der Waals surface area contributed by atoms with Crippen molar-refractivity contribution in [3.63, 3.8) is 0 Å². The van der Waals surface area contributed by atoms with Gasteiger partial charge in [0.25, 0.3) is 0 Å². The molecule has 0 radical (unpaired) electrons. The van der Waals surface area contributed by atoms with E-state index in [1.54, 1.807) is 7.11 Å². The molecule has 0 amide bonds. The molecule has 0 aliphatic carbocycles. The second-order valence-corrected chi connectivity index (χ2v) is 6.72. The molecule has 0 fully saturated rings. The molecule has 4 rings (SSSR count). The van der Waals surface area contributed by atoms with Gasteiger partial charge in [-0.05, 0) is 35.9 Å². The van der Waals surface area contributed by atoms with Crippen LogP contribution in [0.4, 0.5) is 5.69 Å². The first-order valence-electron chi connectivity index (χ1n) is 8.89. The highest BCUT2D eigenvalue weighted by Crippen LogP contribution is 2.35. The van der Waals surface area contributed by atoms with Crippen molar-refractivity contribution >= 4 is 17.3 Å². The number of halogens is 1. The number of anilines is 1. The Morgan fingerprint density at radius 3 is 2.64 bits per heavy atom. The van der Waals surface area contributed by atoms with E-state index in [0.29, 0.717) is 29.7 Å². The number of ether oxygens (including phenoxy) is 4. The van der Waals surface area contributed by atoms with Gasteiger partial charge in [0.05, 0.1) is 7.11 Å². The number of para-hydroxylation sites is 1. The molecule has 0 aromatic heterocycles. The summed E-state index contributed by atoms with van der Waals surface area (Å²) in [6.45, 7) is 1.26. The van der Waals surface area contributed by atoms with Crippen LogP contribution in [-0.2, 0) is 13.2 Å². The van der Waals surface area contributed by atoms with Crippen molar-refractivity contribution in [3.8, 4) is 23.0 Å². The highest BCUT2D eigenvalue weighted by Gasteiger charge is 2.14. The first-order chi connectivity index (χ1) is 13.7. The van der Waals surface area contributed by atoms with Crippen LogP contribution in [0.25, 0.3) is 0 Å². The zero-order valence-electron chi connectivity index (χ0n) is 15.4. The van der Waals surface area contributed by atoms with Crippen LogP contribution >= 0.6 is 11.6 Å². The number of hydrogen-bond donors (Lipinski definition) is 1. The third kappa shape index (κ3) is 4.10. The molecule has 5 nitrogen and oxygen atoms in total. The number of rotatable bonds is 7. The fraction of sp³-hybridized carbons (Fsp3) is 0.182. The van der Waals surface area contributed by atoms with Crippen molar-refractivity contribution in [1.82, 2.24) is 0 Å². The first-order valence-corrected chi connectivity index (χ1v) is 9.27. The third-order valence-electron chi connectivity index (χ3n) is 4.43. The van der Waals surface area contributed by atoms with Gasteiger partial charge >= 0.3 is 0 Å². The monoisotopic (exact) mass is 397 g/mol. The van der Waals surface area contributed by atoms with Gasteiger partial charge in [-0.1, -0.05) is 35.9 Å². The van der Waals surface area contributed by atoms with Gasteiger partial charge in [-0.25, -0.2) is 0 Å². The molecular formula is C22H20ClNO4. The standard InChI is InChI=1S/C22H20ClNO4/c1-25-20-4-2-3-16(22(20)26-13-15-5-7-17(23)8-6-15)12-24-18-9-10-19-21(11-18)28-14-27-19/h2-11,24H,12-14H2,1H3. The number of benzene rings is 3. The molecule has 0 saturated heterocycles. The molecule has 1 aliphatic heterocycles. The van der Waals surface area contributed by atoms with Crippen LogP contribution < -0.4 is 24.3 Å². The van der Waals surface area contributed by atoms with Gasteiger partial charge in [0.1, 0.15) is 6.61 Å². The zero-order chi connectivity index (χ0) is 19.3. The smallest absolute Gasteiger partial charge is 0.231 e. The van der Waals surface area contributed by atoms with Crippen LogP contribution in [0.15, 0.2) is 60.7 Å². The van der Waals surface area contributed by atoms with E-state index in [9.17, 15) is 0 Å². The lowest BCUT2D eigenvalue weighted by Gasteiger charge is -2.16. The average molecular weight is 398 g/mol. The Kier molecular flexibility index (Phi) is 5.44. The van der Waals surface area contributed by atoms with Gasteiger partial charge in [-0.3, -0.25) is 0 Å². The Balaban J connectivity index is 1.49. The molecule has 1 aliphatic rings. The normalized spacial score (nSPS) is 11.9. The maximum absolute atomic E-state index is 6.09. The van der Waals surface area contributed by atoms with E-state index in [0.717, 1.165) is 28.3 Å². The maximum Gasteiger partial charge on any atom is 0.231 e. The summed E-state index contributed by atoms with van der Waals surface area (Å²) in [6, 6.07) is 19.2. The predicted molar refractivity (Wildman–Crippen MR) is 109 cm³/mol. The van der Waals surface area contributed by atoms with Crippen LogP contribution in [0.5, 0.6) is 23.0 Å². The Morgan fingerprint density at radius 2 is 1.82 bits per heavy atom. The SMILES string of the molecule is COc1cccc(CNc2ccc3c(c2)OCO3)c1OCc1ccc(Cl)cc1. The molecule has 1 heterocycles. The van der Waals surface area contributed by atoms with Crippen LogP contribution in [0.3, 0.4) is 0 Å². The Hall–Kier alpha value is -3.05. The summed E-state index contributed by atoms with van der Waals surface area (Å²) in [6.07, 6.45) is 0. The zero-order valence-corrected chi connectivity index (χ0v) is 16.2. The second kappa shape index (κ2) is 8.31. The largest absolute Gasteiger partial charge is 0.493 e. The van der Waals surface area contributed by atoms with E-state index in [4.69, 9.17) is 30.5 Å². The minimum atomic E-state index is 0.261. The number of methoxy groups -OCH3 is 1. The lowest BCUT2D eigenvalue weighted by atomic mass is 10.1. The van der Waals surface area contributed by atoms with E-state index in [-0.39, 0.29) is 6.79 Å². The van der Waals surface area contributed by atoms with Gasteiger partial charge in [-0.2, -0.15) is 0 Å². The summed E-state index contributed by atoms with van der Waals surface area (Å²) in [4.78, 5) is 0. The maximum atomic E-state index is 6.09. The van der Waals surface area contributed by atoms with Gasteiger partial charge in [-0.15, -0.1) is 0 Å². The van der Waals surface area contributed by atoms with Crippen molar-refractivity contribution in [2.45, 2.75) is 13.2 Å². The van der Waals surface area contributed by atoms with Gasteiger partial charge < -0.3 is 24.3 Å². The summed E-state index contributed by atoms with van der Waals surface area (Å²) in [5.74, 6) is 2.92. The summed E-state index contributed by atoms with van der Waals surface area (Å²) < 4.78 is 22.4. The van der Waals surface area contributed by atoms with Gasteiger partial charge in [0.2, 0.25) is 6.79 Å². The minimum absolute atomic E-state index is 0.261. The van der Waals surface area contributed by atoms with E-state index in [1.165, 1.54) is 0 Å². The molecule has 0 saturated carbocycles. The molecule has 144 valence electrons. The third-order valence-corrected chi connectivity index (χ3v) is 4.68. The summed E-state index contributed by atoms with van der Waals surface area (Å²) in [7, 11) is 1.64. The van der Waals surface area contributed by atoms with E-state index in [2.05, 4.69) is 5.32 Å². The van der Waals surface area contributed by atoms with E-state index >= 15 is 0 Å². The molecule has 3 aromatic carbocycles. The van der Waals surface area contributed by atoms with Crippen LogP contribution in [0.2, 0.25) is 5.02 Å². The molecule has 6 heteroatoms. The van der Waals surface area contributed by atoms with Crippen LogP contribution in [0, 0.1) is 0 Å². The van der Waals surface area contributed by atoms with E-state index in [1.807, 2.05) is 60.7 Å². The highest BCUT2D eigenvalue weighted by atomic mass is 35.5. The van der Waals surface area contributed by atoms with Crippen molar-refractivity contribution in [1.29, 1.82) is 0 Å². The summed E-state index contributed by atoms with van der Waals surface area (Å²) >= 11 is 5.95. The lowest BCUT2D eigenvalue weighted by molar-refractivity contribution is 0.174. The van der Waals surface area contributed by atoms with Crippen molar-refractivity contribution in [2.24, 2.45) is 0 Å². The van der Waals surface area contributed by atoms with Crippen molar-refractivity contribution < 1.29 is 18.9 Å². The Morgan fingerprint density at radius 1 is 1.00 bits per heavy atom. The minimum Gasteiger partial charge on any atom is -0.493 e. The molecule has 0 spiro atoms. The number of nitrogens with one attached hydrogen (secondary N) is 1. The fourth-order valence-corrected chi connectivity index (χ4v) is 3.09. The average Bonchev–Trinajstić information content (AvgIpc) is 3.20. The molecule has 0 bridgehead atoms. The van der Waals surface area contributed by atoms with Crippen LogP contribution in [-0.4, -0.2) is 13.9 Å². The lowest BCUT2D eigenvalue weighted by Crippen LogP contribution is -2.05. The molecule has 0 atom stereocenters. The molecular weight excluding hydrogens is 378 g/mol. The van der Waals surface area contributed by atoms with Gasteiger partial charge in [0, 0.05) is 28.9 Å². The molecule has 3 aromatic rings. The predicted octanol–water partition coefficient (Wildman–Crippen LogP) is 5.27. The first kappa shape index (κ1) is 18.3. The molecule has 0 unspecified atom stereocenters. The Labute approximate surface area is 168 Å².